The molecule has 1 rings (SSSR count). The first-order valence-corrected chi connectivity index (χ1v) is 4.55. The van der Waals surface area contributed by atoms with Crippen molar-refractivity contribution in [1.82, 2.24) is 0 Å². The minimum absolute atomic E-state index is 0.264. The lowest BCUT2D eigenvalue weighted by Crippen LogP contribution is -2.42. The van der Waals surface area contributed by atoms with Crippen LogP contribution in [0.2, 0.25) is 0 Å². The van der Waals surface area contributed by atoms with Gasteiger partial charge in [0.05, 0.1) is 18.8 Å². The molecular formula is C10H15FN2O2. The smallest absolute Gasteiger partial charge is 0.127 e. The van der Waals surface area contributed by atoms with E-state index in [0.717, 1.165) is 0 Å². The molecule has 0 bridgehead atoms. The largest absolute Gasteiger partial charge is 0.399 e. The first-order valence-electron chi connectivity index (χ1n) is 4.55. The lowest BCUT2D eigenvalue weighted by atomic mass is 10.0. The molecule has 0 fully saturated rings. The maximum absolute atomic E-state index is 13.0. The zero-order valence-corrected chi connectivity index (χ0v) is 8.50. The van der Waals surface area contributed by atoms with Crippen molar-refractivity contribution in [3.63, 3.8) is 0 Å². The molecule has 0 aliphatic rings. The van der Waals surface area contributed by atoms with Crippen molar-refractivity contribution in [3.05, 3.63) is 24.0 Å². The second-order valence-corrected chi connectivity index (χ2v) is 3.78. The van der Waals surface area contributed by atoms with Crippen molar-refractivity contribution < 1.29 is 14.6 Å². The van der Waals surface area contributed by atoms with Gasteiger partial charge in [0.15, 0.2) is 0 Å². The number of halogens is 1. The molecule has 0 radical (unpaired) electrons. The molecule has 0 aliphatic carbocycles. The minimum Gasteiger partial charge on any atom is -0.399 e. The van der Waals surface area contributed by atoms with Gasteiger partial charge in [-0.1, -0.05) is 0 Å². The van der Waals surface area contributed by atoms with Crippen LogP contribution in [0.15, 0.2) is 18.2 Å². The number of rotatable bonds is 4. The normalized spacial score (nSPS) is 11.5. The van der Waals surface area contributed by atoms with E-state index in [2.05, 4.69) is 5.32 Å². The Kier molecular flexibility index (Phi) is 3.49. The van der Waals surface area contributed by atoms with Gasteiger partial charge in [-0.05, 0) is 25.1 Å². The molecule has 0 heterocycles. The highest BCUT2D eigenvalue weighted by molar-refractivity contribution is 5.55. The van der Waals surface area contributed by atoms with E-state index in [-0.39, 0.29) is 18.9 Å². The lowest BCUT2D eigenvalue weighted by Gasteiger charge is -2.27. The third kappa shape index (κ3) is 3.07. The van der Waals surface area contributed by atoms with Gasteiger partial charge >= 0.3 is 0 Å². The summed E-state index contributed by atoms with van der Waals surface area (Å²) in [6.45, 7) is 1.09. The first kappa shape index (κ1) is 11.7. The monoisotopic (exact) mass is 214 g/mol. The van der Waals surface area contributed by atoms with Gasteiger partial charge in [0, 0.05) is 11.4 Å². The number of benzene rings is 1. The molecule has 0 saturated heterocycles. The van der Waals surface area contributed by atoms with Crippen LogP contribution in [0.3, 0.4) is 0 Å². The number of anilines is 2. The van der Waals surface area contributed by atoms with Crippen molar-refractivity contribution >= 4 is 11.4 Å². The number of hydrogen-bond donors (Lipinski definition) is 4. The van der Waals surface area contributed by atoms with E-state index in [9.17, 15) is 4.39 Å². The fourth-order valence-electron chi connectivity index (χ4n) is 1.16. The van der Waals surface area contributed by atoms with Gasteiger partial charge in [-0.3, -0.25) is 0 Å². The molecule has 0 amide bonds. The van der Waals surface area contributed by atoms with E-state index < -0.39 is 11.4 Å². The van der Waals surface area contributed by atoms with Crippen molar-refractivity contribution in [2.75, 3.05) is 24.3 Å². The third-order valence-electron chi connectivity index (χ3n) is 2.06. The Labute approximate surface area is 87.5 Å². The maximum Gasteiger partial charge on any atom is 0.127 e. The number of aliphatic hydroxyl groups is 2. The summed E-state index contributed by atoms with van der Waals surface area (Å²) in [5.74, 6) is -0.462. The lowest BCUT2D eigenvalue weighted by molar-refractivity contribution is 0.147. The van der Waals surface area contributed by atoms with Crippen LogP contribution in [0.5, 0.6) is 0 Å². The molecule has 84 valence electrons. The number of nitrogens with two attached hydrogens (primary N) is 1. The molecule has 0 saturated carbocycles. The maximum atomic E-state index is 13.0. The Balaban J connectivity index is 2.88. The van der Waals surface area contributed by atoms with Gasteiger partial charge in [-0.15, -0.1) is 0 Å². The van der Waals surface area contributed by atoms with Crippen LogP contribution in [0.4, 0.5) is 15.8 Å². The summed E-state index contributed by atoms with van der Waals surface area (Å²) in [6.07, 6.45) is 0. The molecular weight excluding hydrogens is 199 g/mol. The Morgan fingerprint density at radius 3 is 2.40 bits per heavy atom. The summed E-state index contributed by atoms with van der Waals surface area (Å²) in [7, 11) is 0. The fourth-order valence-corrected chi connectivity index (χ4v) is 1.16. The topological polar surface area (TPSA) is 78.5 Å². The predicted molar refractivity (Wildman–Crippen MR) is 57.0 cm³/mol. The van der Waals surface area contributed by atoms with E-state index in [4.69, 9.17) is 15.9 Å². The molecule has 0 unspecified atom stereocenters. The van der Waals surface area contributed by atoms with E-state index in [1.807, 2.05) is 0 Å². The minimum atomic E-state index is -0.889. The van der Waals surface area contributed by atoms with Gasteiger partial charge in [-0.25, -0.2) is 4.39 Å². The summed E-state index contributed by atoms with van der Waals surface area (Å²) in [5.41, 5.74) is 5.28. The molecule has 0 aliphatic heterocycles. The van der Waals surface area contributed by atoms with Gasteiger partial charge < -0.3 is 21.3 Å². The summed E-state index contributed by atoms with van der Waals surface area (Å²) < 4.78 is 13.0. The molecule has 1 aromatic rings. The summed E-state index contributed by atoms with van der Waals surface area (Å²) >= 11 is 0. The SMILES string of the molecule is CC(CO)(CO)Nc1cc(N)cc(F)c1. The van der Waals surface area contributed by atoms with Crippen molar-refractivity contribution in [1.29, 1.82) is 0 Å². The molecule has 0 aromatic heterocycles. The Hall–Kier alpha value is -1.33. The van der Waals surface area contributed by atoms with Crippen LogP contribution < -0.4 is 11.1 Å². The summed E-state index contributed by atoms with van der Waals surface area (Å²) in [5, 5.41) is 20.9. The summed E-state index contributed by atoms with van der Waals surface area (Å²) in [6, 6.07) is 3.98. The van der Waals surface area contributed by atoms with Gasteiger partial charge in [0.2, 0.25) is 0 Å². The van der Waals surface area contributed by atoms with E-state index >= 15 is 0 Å². The molecule has 5 heteroatoms. The number of hydrogen-bond acceptors (Lipinski definition) is 4. The molecule has 0 spiro atoms. The van der Waals surface area contributed by atoms with E-state index in [1.54, 1.807) is 6.92 Å². The molecule has 5 N–H and O–H groups in total. The Morgan fingerprint density at radius 1 is 1.33 bits per heavy atom. The number of nitrogen functional groups attached to an aromatic ring is 1. The highest BCUT2D eigenvalue weighted by Crippen LogP contribution is 2.19. The van der Waals surface area contributed by atoms with E-state index in [0.29, 0.717) is 5.69 Å². The van der Waals surface area contributed by atoms with Crippen LogP contribution in [-0.4, -0.2) is 29.0 Å². The molecule has 0 atom stereocenters. The predicted octanol–water partition coefficient (Wildman–Crippen LogP) is 0.563. The zero-order chi connectivity index (χ0) is 11.5. The Morgan fingerprint density at radius 2 is 1.93 bits per heavy atom. The zero-order valence-electron chi connectivity index (χ0n) is 8.50. The van der Waals surface area contributed by atoms with Crippen LogP contribution >= 0.6 is 0 Å². The summed E-state index contributed by atoms with van der Waals surface area (Å²) in [4.78, 5) is 0. The highest BCUT2D eigenvalue weighted by atomic mass is 19.1. The highest BCUT2D eigenvalue weighted by Gasteiger charge is 2.21. The quantitative estimate of drug-likeness (QED) is 0.552. The van der Waals surface area contributed by atoms with E-state index in [1.165, 1.54) is 18.2 Å². The fraction of sp³-hybridized carbons (Fsp3) is 0.400. The molecule has 4 nitrogen and oxygen atoms in total. The van der Waals surface area contributed by atoms with Crippen LogP contribution in [0, 0.1) is 5.82 Å². The van der Waals surface area contributed by atoms with Crippen molar-refractivity contribution in [2.24, 2.45) is 0 Å². The van der Waals surface area contributed by atoms with Crippen LogP contribution in [-0.2, 0) is 0 Å². The molecule has 15 heavy (non-hydrogen) atoms. The van der Waals surface area contributed by atoms with Gasteiger partial charge in [0.1, 0.15) is 5.82 Å². The van der Waals surface area contributed by atoms with Gasteiger partial charge in [-0.2, -0.15) is 0 Å². The molecule has 1 aromatic carbocycles. The average Bonchev–Trinajstić information content (AvgIpc) is 2.16. The number of aliphatic hydroxyl groups excluding tert-OH is 2. The second-order valence-electron chi connectivity index (χ2n) is 3.78. The van der Waals surface area contributed by atoms with Crippen molar-refractivity contribution in [2.45, 2.75) is 12.5 Å². The first-order chi connectivity index (χ1) is 6.99. The second kappa shape index (κ2) is 4.46. The number of nitrogens with one attached hydrogen (secondary N) is 1. The van der Waals surface area contributed by atoms with Crippen molar-refractivity contribution in [3.8, 4) is 0 Å². The average molecular weight is 214 g/mol. The third-order valence-corrected chi connectivity index (χ3v) is 2.06. The Bertz CT molecular complexity index is 320. The van der Waals surface area contributed by atoms with Crippen LogP contribution in [0.1, 0.15) is 6.92 Å². The van der Waals surface area contributed by atoms with Gasteiger partial charge in [0.25, 0.3) is 0 Å². The van der Waals surface area contributed by atoms with Crippen LogP contribution in [0.25, 0.3) is 0 Å². The standard InChI is InChI=1S/C10H15FN2O2/c1-10(5-14,6-15)13-9-3-7(11)2-8(12)4-9/h2-4,13-15H,5-6,12H2,1H3.